The number of hydrogen-bond donors (Lipinski definition) is 0. The van der Waals surface area contributed by atoms with Crippen molar-refractivity contribution < 1.29 is 9.47 Å². The molecular weight excluding hydrogens is 200 g/mol. The minimum atomic E-state index is -0.221. The summed E-state index contributed by atoms with van der Waals surface area (Å²) in [5.41, 5.74) is 1.14. The molecule has 0 N–H and O–H groups in total. The van der Waals surface area contributed by atoms with Crippen LogP contribution in [0.15, 0.2) is 30.3 Å². The maximum atomic E-state index is 5.66. The molecule has 0 bridgehead atoms. The van der Waals surface area contributed by atoms with E-state index < -0.39 is 0 Å². The minimum Gasteiger partial charge on any atom is -0.465 e. The van der Waals surface area contributed by atoms with Gasteiger partial charge >= 0.3 is 0 Å². The van der Waals surface area contributed by atoms with Crippen LogP contribution in [0.5, 0.6) is 5.75 Å². The first kappa shape index (κ1) is 12.8. The Morgan fingerprint density at radius 3 is 2.56 bits per heavy atom. The fourth-order valence-corrected chi connectivity index (χ4v) is 1.49. The van der Waals surface area contributed by atoms with Gasteiger partial charge in [-0.15, -0.1) is 0 Å². The molecule has 0 fully saturated rings. The molecule has 0 radical (unpaired) electrons. The molecule has 0 spiro atoms. The molecule has 0 saturated carbocycles. The molecule has 0 amide bonds. The van der Waals surface area contributed by atoms with Gasteiger partial charge in [0.15, 0.2) is 6.29 Å². The lowest BCUT2D eigenvalue weighted by Gasteiger charge is -2.17. The number of allylic oxidation sites excluding steroid dienone is 1. The topological polar surface area (TPSA) is 18.5 Å². The molecular formula is C14H20O2. The SMILES string of the molecule is CC=Cc1cccc(OC(C)OC(C)C)c1. The Kier molecular flexibility index (Phi) is 5.06. The zero-order chi connectivity index (χ0) is 12.0. The summed E-state index contributed by atoms with van der Waals surface area (Å²) in [4.78, 5) is 0. The lowest BCUT2D eigenvalue weighted by Crippen LogP contribution is -2.20. The number of hydrogen-bond acceptors (Lipinski definition) is 2. The van der Waals surface area contributed by atoms with Crippen LogP contribution in [-0.2, 0) is 4.74 Å². The van der Waals surface area contributed by atoms with Crippen LogP contribution < -0.4 is 4.74 Å². The van der Waals surface area contributed by atoms with Crippen LogP contribution in [0.25, 0.3) is 6.08 Å². The Hall–Kier alpha value is -1.28. The molecule has 16 heavy (non-hydrogen) atoms. The molecule has 0 aliphatic carbocycles. The van der Waals surface area contributed by atoms with Crippen molar-refractivity contribution in [3.63, 3.8) is 0 Å². The Balaban J connectivity index is 2.62. The van der Waals surface area contributed by atoms with E-state index in [0.717, 1.165) is 11.3 Å². The van der Waals surface area contributed by atoms with Crippen LogP contribution in [0, 0.1) is 0 Å². The molecule has 0 aromatic heterocycles. The van der Waals surface area contributed by atoms with Crippen molar-refractivity contribution in [3.8, 4) is 5.75 Å². The van der Waals surface area contributed by atoms with E-state index in [1.165, 1.54) is 0 Å². The van der Waals surface area contributed by atoms with E-state index in [9.17, 15) is 0 Å². The molecule has 0 aliphatic heterocycles. The van der Waals surface area contributed by atoms with Crippen LogP contribution in [-0.4, -0.2) is 12.4 Å². The average molecular weight is 220 g/mol. The molecule has 0 saturated heterocycles. The van der Waals surface area contributed by atoms with E-state index in [1.54, 1.807) is 0 Å². The van der Waals surface area contributed by atoms with Gasteiger partial charge in [0, 0.05) is 0 Å². The molecule has 0 heterocycles. The van der Waals surface area contributed by atoms with Crippen LogP contribution >= 0.6 is 0 Å². The molecule has 1 aromatic rings. The Morgan fingerprint density at radius 1 is 1.19 bits per heavy atom. The van der Waals surface area contributed by atoms with E-state index in [4.69, 9.17) is 9.47 Å². The average Bonchev–Trinajstić information content (AvgIpc) is 2.17. The van der Waals surface area contributed by atoms with Crippen molar-refractivity contribution in [2.75, 3.05) is 0 Å². The third-order valence-corrected chi connectivity index (χ3v) is 1.98. The monoisotopic (exact) mass is 220 g/mol. The summed E-state index contributed by atoms with van der Waals surface area (Å²) >= 11 is 0. The molecule has 1 aromatic carbocycles. The van der Waals surface area contributed by atoms with Gasteiger partial charge in [-0.1, -0.05) is 24.3 Å². The molecule has 2 heteroatoms. The molecule has 1 atom stereocenters. The Morgan fingerprint density at radius 2 is 1.94 bits per heavy atom. The largest absolute Gasteiger partial charge is 0.465 e. The van der Waals surface area contributed by atoms with Gasteiger partial charge in [-0.05, 0) is 45.4 Å². The maximum Gasteiger partial charge on any atom is 0.197 e. The second kappa shape index (κ2) is 6.33. The second-order valence-corrected chi connectivity index (χ2v) is 3.94. The third kappa shape index (κ3) is 4.49. The van der Waals surface area contributed by atoms with Crippen molar-refractivity contribution in [3.05, 3.63) is 35.9 Å². The van der Waals surface area contributed by atoms with Crippen LogP contribution in [0.3, 0.4) is 0 Å². The van der Waals surface area contributed by atoms with Crippen molar-refractivity contribution in [1.82, 2.24) is 0 Å². The van der Waals surface area contributed by atoms with Gasteiger partial charge in [-0.3, -0.25) is 0 Å². The zero-order valence-electron chi connectivity index (χ0n) is 10.4. The van der Waals surface area contributed by atoms with Crippen LogP contribution in [0.1, 0.15) is 33.3 Å². The van der Waals surface area contributed by atoms with Gasteiger partial charge in [0.1, 0.15) is 5.75 Å². The fourth-order valence-electron chi connectivity index (χ4n) is 1.49. The minimum absolute atomic E-state index is 0.175. The highest BCUT2D eigenvalue weighted by molar-refractivity contribution is 5.51. The van der Waals surface area contributed by atoms with Gasteiger partial charge in [0.2, 0.25) is 0 Å². The number of rotatable bonds is 5. The summed E-state index contributed by atoms with van der Waals surface area (Å²) < 4.78 is 11.2. The summed E-state index contributed by atoms with van der Waals surface area (Å²) in [7, 11) is 0. The standard InChI is InChI=1S/C14H20O2/c1-5-7-13-8-6-9-14(10-13)16-12(4)15-11(2)3/h5-12H,1-4H3. The molecule has 1 unspecified atom stereocenters. The molecule has 2 nitrogen and oxygen atoms in total. The molecule has 88 valence electrons. The maximum absolute atomic E-state index is 5.66. The highest BCUT2D eigenvalue weighted by Crippen LogP contribution is 2.16. The third-order valence-electron chi connectivity index (χ3n) is 1.98. The van der Waals surface area contributed by atoms with Crippen LogP contribution in [0.2, 0.25) is 0 Å². The quantitative estimate of drug-likeness (QED) is 0.701. The van der Waals surface area contributed by atoms with Gasteiger partial charge in [-0.25, -0.2) is 0 Å². The van der Waals surface area contributed by atoms with E-state index >= 15 is 0 Å². The molecule has 0 aliphatic rings. The first-order valence-electron chi connectivity index (χ1n) is 5.66. The Labute approximate surface area is 97.9 Å². The summed E-state index contributed by atoms with van der Waals surface area (Å²) in [6.45, 7) is 7.90. The zero-order valence-corrected chi connectivity index (χ0v) is 10.4. The van der Waals surface area contributed by atoms with Gasteiger partial charge < -0.3 is 9.47 Å². The van der Waals surface area contributed by atoms with Gasteiger partial charge in [0.05, 0.1) is 6.10 Å². The molecule has 1 rings (SSSR count). The van der Waals surface area contributed by atoms with Crippen LogP contribution in [0.4, 0.5) is 0 Å². The Bertz CT molecular complexity index is 342. The first-order valence-corrected chi connectivity index (χ1v) is 5.66. The summed E-state index contributed by atoms with van der Waals surface area (Å²) in [6.07, 6.45) is 4.00. The smallest absolute Gasteiger partial charge is 0.197 e. The summed E-state index contributed by atoms with van der Waals surface area (Å²) in [6, 6.07) is 7.96. The van der Waals surface area contributed by atoms with E-state index in [2.05, 4.69) is 0 Å². The predicted octanol–water partition coefficient (Wildman–Crippen LogP) is 3.87. The highest BCUT2D eigenvalue weighted by Gasteiger charge is 2.05. The van der Waals surface area contributed by atoms with Gasteiger partial charge in [-0.2, -0.15) is 0 Å². The predicted molar refractivity (Wildman–Crippen MR) is 67.5 cm³/mol. The summed E-state index contributed by atoms with van der Waals surface area (Å²) in [5, 5.41) is 0. The van der Waals surface area contributed by atoms with Gasteiger partial charge in [0.25, 0.3) is 0 Å². The van der Waals surface area contributed by atoms with Crippen molar-refractivity contribution in [2.24, 2.45) is 0 Å². The summed E-state index contributed by atoms with van der Waals surface area (Å²) in [5.74, 6) is 0.837. The van der Waals surface area contributed by atoms with E-state index in [1.807, 2.05) is 64.1 Å². The number of ether oxygens (including phenoxy) is 2. The second-order valence-electron chi connectivity index (χ2n) is 3.94. The van der Waals surface area contributed by atoms with Crippen molar-refractivity contribution in [2.45, 2.75) is 40.1 Å². The highest BCUT2D eigenvalue weighted by atomic mass is 16.7. The lowest BCUT2D eigenvalue weighted by atomic mass is 10.2. The fraction of sp³-hybridized carbons (Fsp3) is 0.429. The van der Waals surface area contributed by atoms with E-state index in [0.29, 0.717) is 0 Å². The van der Waals surface area contributed by atoms with E-state index in [-0.39, 0.29) is 12.4 Å². The van der Waals surface area contributed by atoms with Crippen molar-refractivity contribution in [1.29, 1.82) is 0 Å². The normalized spacial score (nSPS) is 13.3. The lowest BCUT2D eigenvalue weighted by molar-refractivity contribution is -0.0950. The van der Waals surface area contributed by atoms with Crippen molar-refractivity contribution >= 4 is 6.08 Å². The number of benzene rings is 1. The first-order chi connectivity index (χ1) is 7.61.